The smallest absolute Gasteiger partial charge is 0.323 e. The Bertz CT molecular complexity index is 1040. The molecule has 2 aromatic carbocycles. The highest BCUT2D eigenvalue weighted by Gasteiger charge is 2.52. The van der Waals surface area contributed by atoms with Gasteiger partial charge in [0.25, 0.3) is 11.6 Å². The molecule has 9 heteroatoms. The monoisotopic (exact) mass is 428 g/mol. The van der Waals surface area contributed by atoms with Crippen LogP contribution in [0.15, 0.2) is 42.5 Å². The number of rotatable bonds is 5. The van der Waals surface area contributed by atoms with Crippen LogP contribution >= 0.6 is 11.6 Å². The van der Waals surface area contributed by atoms with E-state index in [1.54, 1.807) is 11.9 Å². The summed E-state index contributed by atoms with van der Waals surface area (Å²) in [7, 11) is 1.73. The van der Waals surface area contributed by atoms with Crippen molar-refractivity contribution in [2.45, 2.75) is 31.3 Å². The molecule has 1 saturated heterocycles. The SMILES string of the molecule is CN(Cc1cc([N+](=O)[O-])ccc1Cl)CN1C(=O)NC2(CCc3ccccc3C2)C1=O. The van der Waals surface area contributed by atoms with Gasteiger partial charge in [0.1, 0.15) is 5.54 Å². The summed E-state index contributed by atoms with van der Waals surface area (Å²) in [6.07, 6.45) is 1.77. The molecular weight excluding hydrogens is 408 g/mol. The summed E-state index contributed by atoms with van der Waals surface area (Å²) in [5, 5.41) is 14.3. The van der Waals surface area contributed by atoms with E-state index in [1.165, 1.54) is 28.7 Å². The number of urea groups is 1. The summed E-state index contributed by atoms with van der Waals surface area (Å²) >= 11 is 6.17. The quantitative estimate of drug-likeness (QED) is 0.448. The largest absolute Gasteiger partial charge is 0.326 e. The average molecular weight is 429 g/mol. The molecule has 30 heavy (non-hydrogen) atoms. The first kappa shape index (κ1) is 20.3. The Kier molecular flexibility index (Phi) is 5.21. The molecule has 1 spiro atoms. The molecule has 2 aliphatic rings. The van der Waals surface area contributed by atoms with Crippen molar-refractivity contribution in [2.24, 2.45) is 0 Å². The van der Waals surface area contributed by atoms with Crippen molar-refractivity contribution in [3.8, 4) is 0 Å². The molecule has 0 radical (unpaired) electrons. The van der Waals surface area contributed by atoms with E-state index in [1.807, 2.05) is 18.2 Å². The van der Waals surface area contributed by atoms with Crippen LogP contribution in [0, 0.1) is 10.1 Å². The first-order valence-electron chi connectivity index (χ1n) is 9.61. The third-order valence-electron chi connectivity index (χ3n) is 5.74. The standard InChI is InChI=1S/C21H21ClN4O4/c1-24(12-16-10-17(26(29)30)6-7-18(16)22)13-25-19(27)21(23-20(25)28)9-8-14-4-2-3-5-15(14)11-21/h2-7,10H,8-9,11-13H2,1H3,(H,23,28). The number of non-ortho nitro benzene ring substituents is 1. The number of nitro groups is 1. The van der Waals surface area contributed by atoms with Crippen LogP contribution in [0.3, 0.4) is 0 Å². The number of carbonyl (C=O) groups is 2. The number of amides is 3. The molecule has 2 aromatic rings. The molecule has 4 rings (SSSR count). The first-order chi connectivity index (χ1) is 14.3. The zero-order chi connectivity index (χ0) is 21.5. The molecule has 3 amide bonds. The molecule has 1 N–H and O–H groups in total. The Morgan fingerprint density at radius 2 is 1.97 bits per heavy atom. The van der Waals surface area contributed by atoms with Crippen molar-refractivity contribution in [3.05, 3.63) is 74.3 Å². The maximum atomic E-state index is 13.2. The van der Waals surface area contributed by atoms with E-state index in [9.17, 15) is 19.7 Å². The second-order valence-corrected chi connectivity index (χ2v) is 8.29. The van der Waals surface area contributed by atoms with Gasteiger partial charge in [0, 0.05) is 30.1 Å². The van der Waals surface area contributed by atoms with Crippen molar-refractivity contribution in [2.75, 3.05) is 13.7 Å². The third-order valence-corrected chi connectivity index (χ3v) is 6.11. The van der Waals surface area contributed by atoms with Crippen LogP contribution < -0.4 is 5.32 Å². The fourth-order valence-electron chi connectivity index (χ4n) is 4.21. The van der Waals surface area contributed by atoms with Gasteiger partial charge in [-0.2, -0.15) is 0 Å². The number of imide groups is 1. The average Bonchev–Trinajstić information content (AvgIpc) is 2.93. The molecule has 1 unspecified atom stereocenters. The Labute approximate surface area is 178 Å². The molecule has 1 fully saturated rings. The van der Waals surface area contributed by atoms with Crippen LogP contribution in [0.5, 0.6) is 0 Å². The van der Waals surface area contributed by atoms with Gasteiger partial charge in [0.2, 0.25) is 0 Å². The summed E-state index contributed by atoms with van der Waals surface area (Å²) in [6, 6.07) is 11.8. The zero-order valence-corrected chi connectivity index (χ0v) is 17.2. The van der Waals surface area contributed by atoms with Gasteiger partial charge in [-0.3, -0.25) is 19.8 Å². The lowest BCUT2D eigenvalue weighted by atomic mass is 9.78. The minimum absolute atomic E-state index is 0.0578. The molecule has 0 bridgehead atoms. The highest BCUT2D eigenvalue weighted by Crippen LogP contribution is 2.33. The van der Waals surface area contributed by atoms with Gasteiger partial charge in [0.15, 0.2) is 0 Å². The maximum absolute atomic E-state index is 13.2. The Morgan fingerprint density at radius 3 is 2.70 bits per heavy atom. The molecule has 1 aliphatic carbocycles. The summed E-state index contributed by atoms with van der Waals surface area (Å²) in [5.41, 5.74) is 1.88. The highest BCUT2D eigenvalue weighted by molar-refractivity contribution is 6.31. The van der Waals surface area contributed by atoms with Crippen molar-refractivity contribution in [3.63, 3.8) is 0 Å². The molecular formula is C21H21ClN4O4. The van der Waals surface area contributed by atoms with E-state index < -0.39 is 16.5 Å². The Morgan fingerprint density at radius 1 is 1.23 bits per heavy atom. The lowest BCUT2D eigenvalue weighted by molar-refractivity contribution is -0.384. The zero-order valence-electron chi connectivity index (χ0n) is 16.4. The van der Waals surface area contributed by atoms with Gasteiger partial charge in [-0.15, -0.1) is 0 Å². The molecule has 8 nitrogen and oxygen atoms in total. The topological polar surface area (TPSA) is 95.8 Å². The lowest BCUT2D eigenvalue weighted by Crippen LogP contribution is -2.51. The minimum Gasteiger partial charge on any atom is -0.323 e. The third kappa shape index (κ3) is 3.64. The molecule has 1 aliphatic heterocycles. The second-order valence-electron chi connectivity index (χ2n) is 7.88. The summed E-state index contributed by atoms with van der Waals surface area (Å²) < 4.78 is 0. The molecule has 0 saturated carbocycles. The number of fused-ring (bicyclic) bond motifs is 1. The molecule has 1 atom stereocenters. The number of nitro benzene ring substituents is 1. The number of halogens is 1. The second kappa shape index (κ2) is 7.70. The number of nitrogens with zero attached hydrogens (tertiary/aromatic N) is 3. The van der Waals surface area contributed by atoms with E-state index in [0.29, 0.717) is 23.4 Å². The predicted molar refractivity (Wildman–Crippen MR) is 111 cm³/mol. The maximum Gasteiger partial charge on any atom is 0.326 e. The number of nitrogens with one attached hydrogen (secondary N) is 1. The van der Waals surface area contributed by atoms with Gasteiger partial charge in [-0.05, 0) is 42.6 Å². The van der Waals surface area contributed by atoms with Gasteiger partial charge in [-0.1, -0.05) is 35.9 Å². The number of carbonyl (C=O) groups excluding carboxylic acids is 2. The van der Waals surface area contributed by atoms with Crippen LogP contribution in [0.25, 0.3) is 0 Å². The normalized spacial score (nSPS) is 20.6. The van der Waals surface area contributed by atoms with E-state index in [2.05, 4.69) is 11.4 Å². The molecule has 1 heterocycles. The van der Waals surface area contributed by atoms with Crippen LogP contribution in [0.4, 0.5) is 10.5 Å². The highest BCUT2D eigenvalue weighted by atomic mass is 35.5. The van der Waals surface area contributed by atoms with Crippen LogP contribution in [-0.4, -0.2) is 45.9 Å². The van der Waals surface area contributed by atoms with E-state index in [0.717, 1.165) is 12.0 Å². The van der Waals surface area contributed by atoms with Crippen molar-refractivity contribution >= 4 is 29.2 Å². The van der Waals surface area contributed by atoms with Crippen molar-refractivity contribution < 1.29 is 14.5 Å². The van der Waals surface area contributed by atoms with Crippen molar-refractivity contribution in [1.82, 2.24) is 15.1 Å². The number of hydrogen-bond acceptors (Lipinski definition) is 5. The fourth-order valence-corrected chi connectivity index (χ4v) is 4.38. The lowest BCUT2D eigenvalue weighted by Gasteiger charge is -2.32. The van der Waals surface area contributed by atoms with Crippen molar-refractivity contribution in [1.29, 1.82) is 0 Å². The first-order valence-corrected chi connectivity index (χ1v) is 9.99. The van der Waals surface area contributed by atoms with Gasteiger partial charge in [0.05, 0.1) is 11.6 Å². The number of benzene rings is 2. The molecule has 0 aromatic heterocycles. The van der Waals surface area contributed by atoms with E-state index in [4.69, 9.17) is 11.6 Å². The van der Waals surface area contributed by atoms with Crippen LogP contribution in [-0.2, 0) is 24.2 Å². The van der Waals surface area contributed by atoms with Gasteiger partial charge >= 0.3 is 6.03 Å². The van der Waals surface area contributed by atoms with Crippen LogP contribution in [0.2, 0.25) is 5.02 Å². The summed E-state index contributed by atoms with van der Waals surface area (Å²) in [4.78, 5) is 39.3. The Balaban J connectivity index is 1.48. The number of aryl methyl sites for hydroxylation is 1. The van der Waals surface area contributed by atoms with Crippen LogP contribution in [0.1, 0.15) is 23.1 Å². The van der Waals surface area contributed by atoms with E-state index in [-0.39, 0.29) is 24.8 Å². The predicted octanol–water partition coefficient (Wildman–Crippen LogP) is 3.12. The van der Waals surface area contributed by atoms with Gasteiger partial charge < -0.3 is 5.32 Å². The van der Waals surface area contributed by atoms with E-state index >= 15 is 0 Å². The number of hydrogen-bond donors (Lipinski definition) is 1. The minimum atomic E-state index is -0.907. The van der Waals surface area contributed by atoms with Gasteiger partial charge in [-0.25, -0.2) is 9.69 Å². The molecule has 156 valence electrons. The summed E-state index contributed by atoms with van der Waals surface area (Å²) in [6.45, 7) is 0.320. The Hall–Kier alpha value is -2.97. The summed E-state index contributed by atoms with van der Waals surface area (Å²) in [5.74, 6) is -0.237. The fraction of sp³-hybridized carbons (Fsp3) is 0.333.